The normalized spacial score (nSPS) is 29.1. The minimum absolute atomic E-state index is 0.0523. The van der Waals surface area contributed by atoms with Crippen molar-refractivity contribution < 1.29 is 9.59 Å². The fourth-order valence-electron chi connectivity index (χ4n) is 5.23. The molecule has 2 atom stereocenters. The zero-order valence-electron chi connectivity index (χ0n) is 21.9. The van der Waals surface area contributed by atoms with Gasteiger partial charge in [-0.15, -0.1) is 0 Å². The monoisotopic (exact) mass is 486 g/mol. The quantitative estimate of drug-likeness (QED) is 0.505. The van der Waals surface area contributed by atoms with Crippen LogP contribution >= 0.6 is 0 Å². The van der Waals surface area contributed by atoms with Gasteiger partial charge >= 0.3 is 0 Å². The van der Waals surface area contributed by atoms with Crippen molar-refractivity contribution in [3.05, 3.63) is 23.3 Å². The van der Waals surface area contributed by atoms with Crippen LogP contribution in [-0.2, 0) is 17.6 Å². The van der Waals surface area contributed by atoms with Crippen molar-refractivity contribution in [2.75, 3.05) is 6.54 Å². The average molecular weight is 487 g/mol. The van der Waals surface area contributed by atoms with E-state index in [1.54, 1.807) is 6.20 Å². The third kappa shape index (κ3) is 8.53. The molecule has 35 heavy (non-hydrogen) atoms. The van der Waals surface area contributed by atoms with Crippen LogP contribution in [0.3, 0.4) is 0 Å². The zero-order valence-corrected chi connectivity index (χ0v) is 21.9. The summed E-state index contributed by atoms with van der Waals surface area (Å²) in [6.45, 7) is 7.00. The number of aryl methyl sites for hydroxylation is 1. The van der Waals surface area contributed by atoms with Gasteiger partial charge in [0.15, 0.2) is 0 Å². The lowest BCUT2D eigenvalue weighted by molar-refractivity contribution is -0.123. The SMILES string of the molecule is CC1CCC(NC(=O)C(N)CN)CC1.CC1CCc2nc(C(=O)N[C@H]3CC[C@H](C)CC3)cnc2C1. The predicted octanol–water partition coefficient (Wildman–Crippen LogP) is 2.88. The maximum absolute atomic E-state index is 12.3. The maximum atomic E-state index is 12.3. The lowest BCUT2D eigenvalue weighted by Crippen LogP contribution is -2.49. The topological polar surface area (TPSA) is 136 Å². The molecular formula is C27H46N6O2. The number of fused-ring (bicyclic) bond motifs is 1. The van der Waals surface area contributed by atoms with Crippen LogP contribution in [0, 0.1) is 17.8 Å². The fraction of sp³-hybridized carbons (Fsp3) is 0.778. The second-order valence-corrected chi connectivity index (χ2v) is 11.2. The van der Waals surface area contributed by atoms with Gasteiger partial charge in [0.25, 0.3) is 5.91 Å². The van der Waals surface area contributed by atoms with Gasteiger partial charge in [-0.2, -0.15) is 0 Å². The summed E-state index contributed by atoms with van der Waals surface area (Å²) in [6.07, 6.45) is 13.9. The van der Waals surface area contributed by atoms with Gasteiger partial charge in [0.05, 0.1) is 23.6 Å². The number of nitrogens with two attached hydrogens (primary N) is 2. The molecule has 3 aliphatic carbocycles. The largest absolute Gasteiger partial charge is 0.352 e. The number of carbonyl (C=O) groups excluding carboxylic acids is 2. The minimum atomic E-state index is -0.547. The zero-order chi connectivity index (χ0) is 25.4. The number of amides is 2. The van der Waals surface area contributed by atoms with E-state index < -0.39 is 6.04 Å². The molecule has 2 unspecified atom stereocenters. The molecule has 1 aromatic rings. The van der Waals surface area contributed by atoms with Gasteiger partial charge in [-0.3, -0.25) is 14.6 Å². The van der Waals surface area contributed by atoms with E-state index in [0.717, 1.165) is 68.2 Å². The smallest absolute Gasteiger partial charge is 0.271 e. The Morgan fingerprint density at radius 3 is 2.03 bits per heavy atom. The van der Waals surface area contributed by atoms with Gasteiger partial charge in [0, 0.05) is 18.6 Å². The molecule has 4 rings (SSSR count). The van der Waals surface area contributed by atoms with Crippen molar-refractivity contribution in [2.45, 2.75) is 110 Å². The third-order valence-electron chi connectivity index (χ3n) is 7.88. The summed E-state index contributed by atoms with van der Waals surface area (Å²) in [5.41, 5.74) is 13.4. The van der Waals surface area contributed by atoms with E-state index in [1.165, 1.54) is 25.7 Å². The van der Waals surface area contributed by atoms with Gasteiger partial charge in [0.2, 0.25) is 5.91 Å². The molecule has 0 aliphatic heterocycles. The summed E-state index contributed by atoms with van der Waals surface area (Å²) in [5.74, 6) is 2.11. The Hall–Kier alpha value is -2.06. The first-order valence-corrected chi connectivity index (χ1v) is 13.7. The maximum Gasteiger partial charge on any atom is 0.271 e. The molecule has 6 N–H and O–H groups in total. The van der Waals surface area contributed by atoms with E-state index in [-0.39, 0.29) is 18.4 Å². The molecule has 3 aliphatic rings. The summed E-state index contributed by atoms with van der Waals surface area (Å²) in [7, 11) is 0. The standard InChI is InChI=1S/C17H25N3O.C10H21N3O/c1-11-3-6-13(7-4-11)19-17(21)16-10-18-15-9-12(2)5-8-14(15)20-16;1-7-2-4-8(5-3-7)13-10(14)9(12)6-11/h10-13H,3-9H2,1-2H3,(H,19,21);7-9H,2-6,11-12H2,1H3,(H,13,14)/t11-,12?,13-;. The molecule has 8 nitrogen and oxygen atoms in total. The summed E-state index contributed by atoms with van der Waals surface area (Å²) in [4.78, 5) is 32.8. The number of carbonyl (C=O) groups is 2. The van der Waals surface area contributed by atoms with E-state index in [0.29, 0.717) is 23.7 Å². The van der Waals surface area contributed by atoms with Crippen molar-refractivity contribution in [1.82, 2.24) is 20.6 Å². The van der Waals surface area contributed by atoms with E-state index in [9.17, 15) is 9.59 Å². The van der Waals surface area contributed by atoms with Crippen LogP contribution in [0.5, 0.6) is 0 Å². The van der Waals surface area contributed by atoms with Crippen LogP contribution in [0.1, 0.15) is 100 Å². The Morgan fingerprint density at radius 2 is 1.46 bits per heavy atom. The second kappa shape index (κ2) is 13.3. The number of nitrogens with one attached hydrogen (secondary N) is 2. The summed E-state index contributed by atoms with van der Waals surface area (Å²) in [6, 6.07) is 0.0807. The number of hydrogen-bond acceptors (Lipinski definition) is 6. The van der Waals surface area contributed by atoms with Gasteiger partial charge in [-0.05, 0) is 88.4 Å². The first-order valence-electron chi connectivity index (χ1n) is 13.7. The molecule has 1 heterocycles. The van der Waals surface area contributed by atoms with Crippen LogP contribution in [0.25, 0.3) is 0 Å². The van der Waals surface area contributed by atoms with Crippen LogP contribution in [0.2, 0.25) is 0 Å². The van der Waals surface area contributed by atoms with Crippen molar-refractivity contribution in [3.8, 4) is 0 Å². The Labute approximate surface area is 210 Å². The van der Waals surface area contributed by atoms with E-state index in [2.05, 4.69) is 41.4 Å². The second-order valence-electron chi connectivity index (χ2n) is 11.2. The molecule has 0 aromatic carbocycles. The molecule has 196 valence electrons. The predicted molar refractivity (Wildman–Crippen MR) is 139 cm³/mol. The number of hydrogen-bond donors (Lipinski definition) is 4. The van der Waals surface area contributed by atoms with Crippen LogP contribution in [0.4, 0.5) is 0 Å². The summed E-state index contributed by atoms with van der Waals surface area (Å²) < 4.78 is 0. The van der Waals surface area contributed by atoms with Gasteiger partial charge < -0.3 is 22.1 Å². The fourth-order valence-corrected chi connectivity index (χ4v) is 5.23. The van der Waals surface area contributed by atoms with Gasteiger partial charge in [0.1, 0.15) is 5.69 Å². The molecule has 1 aromatic heterocycles. The molecule has 2 saturated carbocycles. The highest BCUT2D eigenvalue weighted by molar-refractivity contribution is 5.92. The Kier molecular flexibility index (Phi) is 10.5. The Bertz CT molecular complexity index is 831. The Morgan fingerprint density at radius 1 is 0.886 bits per heavy atom. The number of aromatic nitrogens is 2. The molecule has 8 heteroatoms. The van der Waals surface area contributed by atoms with E-state index in [1.807, 2.05) is 0 Å². The number of nitrogens with zero attached hydrogens (tertiary/aromatic N) is 2. The first kappa shape index (κ1) is 27.5. The van der Waals surface area contributed by atoms with E-state index in [4.69, 9.17) is 11.5 Å². The van der Waals surface area contributed by atoms with E-state index >= 15 is 0 Å². The molecule has 2 fully saturated rings. The van der Waals surface area contributed by atoms with Crippen molar-refractivity contribution in [3.63, 3.8) is 0 Å². The highest BCUT2D eigenvalue weighted by Gasteiger charge is 2.24. The molecule has 0 saturated heterocycles. The lowest BCUT2D eigenvalue weighted by Gasteiger charge is -2.27. The van der Waals surface area contributed by atoms with Crippen molar-refractivity contribution in [1.29, 1.82) is 0 Å². The van der Waals surface area contributed by atoms with Crippen LogP contribution in [0.15, 0.2) is 6.20 Å². The van der Waals surface area contributed by atoms with Crippen molar-refractivity contribution >= 4 is 11.8 Å². The molecular weight excluding hydrogens is 440 g/mol. The lowest BCUT2D eigenvalue weighted by atomic mass is 9.87. The molecule has 0 radical (unpaired) electrons. The van der Waals surface area contributed by atoms with Gasteiger partial charge in [-0.1, -0.05) is 20.8 Å². The number of rotatable bonds is 5. The third-order valence-corrected chi connectivity index (χ3v) is 7.88. The average Bonchev–Trinajstić information content (AvgIpc) is 2.86. The Balaban J connectivity index is 0.000000214. The molecule has 0 spiro atoms. The van der Waals surface area contributed by atoms with Crippen LogP contribution < -0.4 is 22.1 Å². The highest BCUT2D eigenvalue weighted by Crippen LogP contribution is 2.25. The minimum Gasteiger partial charge on any atom is -0.352 e. The molecule has 0 bridgehead atoms. The summed E-state index contributed by atoms with van der Waals surface area (Å²) in [5, 5.41) is 6.08. The highest BCUT2D eigenvalue weighted by atomic mass is 16.2. The first-order chi connectivity index (χ1) is 16.7. The van der Waals surface area contributed by atoms with Gasteiger partial charge in [-0.25, -0.2) is 4.98 Å². The molecule has 2 amide bonds. The van der Waals surface area contributed by atoms with Crippen molar-refractivity contribution in [2.24, 2.45) is 29.2 Å². The summed E-state index contributed by atoms with van der Waals surface area (Å²) >= 11 is 0. The van der Waals surface area contributed by atoms with Crippen LogP contribution in [-0.4, -0.2) is 46.5 Å².